The largest absolute Gasteiger partial charge is 0.293 e. The van der Waals surface area contributed by atoms with Crippen molar-refractivity contribution in [3.63, 3.8) is 0 Å². The number of allylic oxidation sites excluding steroid dienone is 2. The molecule has 12 rings (SSSR count). The number of amides is 4. The van der Waals surface area contributed by atoms with Gasteiger partial charge in [-0.25, -0.2) is 4.90 Å². The van der Waals surface area contributed by atoms with Gasteiger partial charge in [0.1, 0.15) is 5.69 Å². The zero-order valence-corrected chi connectivity index (χ0v) is 24.3. The van der Waals surface area contributed by atoms with E-state index >= 15 is 0 Å². The molecular formula is C36H26N4O6. The van der Waals surface area contributed by atoms with Crippen LogP contribution in [0.25, 0.3) is 0 Å². The Hall–Kier alpha value is -5.25. The standard InChI is InChI=1S/C36H26N4O6/c41-32-30-27-19-7-1-3-9-23(19)36(24-10-4-2-8-20(24)27,31(30)35(44)38(32)25-11-5-6-12-26(25)40(45)46)16-37-39-33(42)28-17-13-14-18(22-15-21(17)22)29(28)34(39)43/h1-14,16-18,21-22,27-31H,15H2/b37-16-/t17-,18-,21-,22+,27?,28-,29+,30-,31+,36?/m0/s1. The number of anilines is 1. The zero-order valence-electron chi connectivity index (χ0n) is 24.3. The van der Waals surface area contributed by atoms with Crippen molar-refractivity contribution >= 4 is 41.2 Å². The van der Waals surface area contributed by atoms with E-state index in [2.05, 4.69) is 17.3 Å². The summed E-state index contributed by atoms with van der Waals surface area (Å²) in [5, 5.41) is 17.7. The fraction of sp³-hybridized carbons (Fsp3) is 0.306. The van der Waals surface area contributed by atoms with E-state index in [1.54, 1.807) is 12.3 Å². The van der Waals surface area contributed by atoms with Crippen LogP contribution >= 0.6 is 0 Å². The van der Waals surface area contributed by atoms with Crippen molar-refractivity contribution < 1.29 is 24.1 Å². The third-order valence-corrected chi connectivity index (χ3v) is 12.0. The number of hydrogen-bond donors (Lipinski definition) is 0. The van der Waals surface area contributed by atoms with Gasteiger partial charge in [-0.1, -0.05) is 72.8 Å². The summed E-state index contributed by atoms with van der Waals surface area (Å²) in [7, 11) is 0. The maximum Gasteiger partial charge on any atom is 0.293 e. The van der Waals surface area contributed by atoms with Crippen LogP contribution in [0.4, 0.5) is 11.4 Å². The molecule has 9 aliphatic rings. The van der Waals surface area contributed by atoms with Crippen molar-refractivity contribution in [2.45, 2.75) is 17.8 Å². The Labute approximate surface area is 262 Å². The lowest BCUT2D eigenvalue weighted by Crippen LogP contribution is -2.55. The minimum Gasteiger partial charge on any atom is -0.274 e. The topological polar surface area (TPSA) is 130 Å². The molecule has 46 heavy (non-hydrogen) atoms. The Morgan fingerprint density at radius 2 is 1.30 bits per heavy atom. The van der Waals surface area contributed by atoms with Crippen LogP contribution in [0.15, 0.2) is 90.0 Å². The summed E-state index contributed by atoms with van der Waals surface area (Å²) < 4.78 is 0. The normalized spacial score (nSPS) is 37.0. The number of imide groups is 2. The summed E-state index contributed by atoms with van der Waals surface area (Å²) in [5.74, 6) is -3.96. The summed E-state index contributed by atoms with van der Waals surface area (Å²) >= 11 is 0. The highest BCUT2D eigenvalue weighted by Gasteiger charge is 2.70. The number of rotatable bonds is 4. The van der Waals surface area contributed by atoms with Crippen LogP contribution in [0, 0.1) is 57.5 Å². The molecule has 0 N–H and O–H groups in total. The molecule has 2 saturated carbocycles. The molecule has 3 aromatic carbocycles. The van der Waals surface area contributed by atoms with Gasteiger partial charge in [0.2, 0.25) is 11.8 Å². The van der Waals surface area contributed by atoms with E-state index in [1.807, 2.05) is 48.5 Å². The molecule has 4 amide bonds. The molecule has 8 atom stereocenters. The molecule has 10 nitrogen and oxygen atoms in total. The number of carbonyl (C=O) groups is 4. The summed E-state index contributed by atoms with van der Waals surface area (Å²) in [6.45, 7) is 0. The lowest BCUT2D eigenvalue weighted by Gasteiger charge is -2.52. The highest BCUT2D eigenvalue weighted by atomic mass is 16.6. The lowest BCUT2D eigenvalue weighted by molar-refractivity contribution is -0.384. The van der Waals surface area contributed by atoms with Crippen LogP contribution in [0.3, 0.4) is 0 Å². The Bertz CT molecular complexity index is 1970. The molecule has 0 radical (unpaired) electrons. The van der Waals surface area contributed by atoms with Gasteiger partial charge in [-0.05, 0) is 58.4 Å². The first-order valence-corrected chi connectivity index (χ1v) is 15.8. The second-order valence-corrected chi connectivity index (χ2v) is 13.7. The van der Waals surface area contributed by atoms with E-state index in [9.17, 15) is 29.3 Å². The average Bonchev–Trinajstić information content (AvgIpc) is 3.81. The second kappa shape index (κ2) is 8.51. The predicted octanol–water partition coefficient (Wildman–Crippen LogP) is 4.18. The monoisotopic (exact) mass is 610 g/mol. The minimum absolute atomic E-state index is 0.0371. The molecule has 0 spiro atoms. The molecule has 7 aliphatic carbocycles. The number of hydrogen-bond acceptors (Lipinski definition) is 7. The molecule has 0 unspecified atom stereocenters. The molecule has 226 valence electrons. The first-order valence-electron chi connectivity index (χ1n) is 15.8. The highest BCUT2D eigenvalue weighted by molar-refractivity contribution is 6.25. The van der Waals surface area contributed by atoms with E-state index in [-0.39, 0.29) is 35.0 Å². The zero-order chi connectivity index (χ0) is 31.2. The number of nitro groups is 1. The maximum atomic E-state index is 14.7. The highest BCUT2D eigenvalue weighted by Crippen LogP contribution is 2.66. The Morgan fingerprint density at radius 3 is 1.91 bits per heavy atom. The Balaban J connectivity index is 1.16. The van der Waals surface area contributed by atoms with Gasteiger partial charge in [-0.15, -0.1) is 0 Å². The number of carbonyl (C=O) groups excluding carboxylic acids is 4. The molecule has 3 aromatic rings. The van der Waals surface area contributed by atoms with Crippen molar-refractivity contribution in [3.8, 4) is 0 Å². The van der Waals surface area contributed by atoms with Crippen molar-refractivity contribution in [1.29, 1.82) is 0 Å². The molecule has 2 heterocycles. The molecular weight excluding hydrogens is 584 g/mol. The quantitative estimate of drug-likeness (QED) is 0.143. The molecule has 4 fully saturated rings. The summed E-state index contributed by atoms with van der Waals surface area (Å²) in [6, 6.07) is 21.0. The average molecular weight is 611 g/mol. The van der Waals surface area contributed by atoms with Gasteiger partial charge >= 0.3 is 0 Å². The van der Waals surface area contributed by atoms with Crippen LogP contribution in [0.1, 0.15) is 34.6 Å². The fourth-order valence-electron chi connectivity index (χ4n) is 10.3. The van der Waals surface area contributed by atoms with Crippen LogP contribution in [-0.2, 0) is 24.6 Å². The molecule has 10 heteroatoms. The van der Waals surface area contributed by atoms with Crippen LogP contribution in [0.2, 0.25) is 0 Å². The maximum absolute atomic E-state index is 14.7. The number of nitro benzene ring substituents is 1. The van der Waals surface area contributed by atoms with Gasteiger partial charge < -0.3 is 0 Å². The van der Waals surface area contributed by atoms with Gasteiger partial charge in [0.25, 0.3) is 17.5 Å². The number of hydrazone groups is 1. The predicted molar refractivity (Wildman–Crippen MR) is 163 cm³/mol. The first kappa shape index (κ1) is 26.0. The van der Waals surface area contributed by atoms with Crippen molar-refractivity contribution in [2.75, 3.05) is 4.90 Å². The number of nitrogens with zero attached hydrogens (tertiary/aromatic N) is 4. The third-order valence-electron chi connectivity index (χ3n) is 12.0. The summed E-state index contributed by atoms with van der Waals surface area (Å²) in [5.41, 5.74) is 1.52. The number of para-hydroxylation sites is 2. The second-order valence-electron chi connectivity index (χ2n) is 13.7. The molecule has 4 bridgehead atoms. The van der Waals surface area contributed by atoms with Crippen molar-refractivity contribution in [3.05, 3.63) is 117 Å². The van der Waals surface area contributed by atoms with Gasteiger partial charge in [0.05, 0.1) is 34.0 Å². The van der Waals surface area contributed by atoms with Gasteiger partial charge in [-0.2, -0.15) is 10.1 Å². The van der Waals surface area contributed by atoms with E-state index in [4.69, 9.17) is 0 Å². The Morgan fingerprint density at radius 1 is 0.739 bits per heavy atom. The Kier molecular flexibility index (Phi) is 4.81. The molecule has 0 aromatic heterocycles. The SMILES string of the molecule is O=C1[C@@H]2[C@H]3C=C[C@@H]([C@@H]4C[C@H]34)[C@@H]2C(=O)N1/N=C\C12c3ccccc3C(c3ccccc31)[C@@H]1C(=O)N(c3ccccc3[N+](=O)[O-])C(=O)[C@@H]12. The summed E-state index contributed by atoms with van der Waals surface area (Å²) in [6.07, 6.45) is 6.81. The summed E-state index contributed by atoms with van der Waals surface area (Å²) in [4.78, 5) is 69.3. The van der Waals surface area contributed by atoms with Gasteiger partial charge in [0.15, 0.2) is 0 Å². The van der Waals surface area contributed by atoms with E-state index in [1.165, 1.54) is 18.2 Å². The lowest BCUT2D eigenvalue weighted by atomic mass is 9.47. The van der Waals surface area contributed by atoms with Crippen molar-refractivity contribution in [2.24, 2.45) is 52.4 Å². The van der Waals surface area contributed by atoms with Crippen molar-refractivity contribution in [1.82, 2.24) is 5.01 Å². The first-order chi connectivity index (χ1) is 22.3. The smallest absolute Gasteiger partial charge is 0.274 e. The molecule has 2 saturated heterocycles. The number of benzene rings is 3. The van der Waals surface area contributed by atoms with E-state index in [0.29, 0.717) is 11.8 Å². The third kappa shape index (κ3) is 2.87. The van der Waals surface area contributed by atoms with Crippen LogP contribution in [-0.4, -0.2) is 39.8 Å². The van der Waals surface area contributed by atoms with Gasteiger partial charge in [-0.3, -0.25) is 29.3 Å². The van der Waals surface area contributed by atoms with E-state index in [0.717, 1.165) is 38.6 Å². The minimum atomic E-state index is -1.31. The van der Waals surface area contributed by atoms with Crippen LogP contribution < -0.4 is 4.90 Å². The fourth-order valence-corrected chi connectivity index (χ4v) is 10.3. The van der Waals surface area contributed by atoms with E-state index < -0.39 is 51.7 Å². The molecule has 2 aliphatic heterocycles. The van der Waals surface area contributed by atoms with Gasteiger partial charge in [0, 0.05) is 18.2 Å². The van der Waals surface area contributed by atoms with Crippen LogP contribution in [0.5, 0.6) is 0 Å².